The van der Waals surface area contributed by atoms with Crippen molar-refractivity contribution < 1.29 is 9.32 Å². The number of thiophene rings is 1. The van der Waals surface area contributed by atoms with Crippen molar-refractivity contribution in [3.05, 3.63) is 59.3 Å². The monoisotopic (exact) mass is 424 g/mol. The van der Waals surface area contributed by atoms with E-state index in [9.17, 15) is 4.79 Å². The third kappa shape index (κ3) is 5.55. The van der Waals surface area contributed by atoms with Gasteiger partial charge in [0, 0.05) is 12.0 Å². The summed E-state index contributed by atoms with van der Waals surface area (Å²) in [5.74, 6) is 1.56. The van der Waals surface area contributed by atoms with E-state index in [-0.39, 0.29) is 17.9 Å². The van der Waals surface area contributed by atoms with Gasteiger partial charge in [0.1, 0.15) is 0 Å². The molecule has 6 nitrogen and oxygen atoms in total. The van der Waals surface area contributed by atoms with E-state index < -0.39 is 0 Å². The van der Waals surface area contributed by atoms with Crippen LogP contribution in [-0.4, -0.2) is 40.1 Å². The number of benzene rings is 1. The zero-order valence-corrected chi connectivity index (χ0v) is 18.1. The van der Waals surface area contributed by atoms with E-state index in [1.807, 2.05) is 23.6 Å². The zero-order chi connectivity index (χ0) is 20.8. The molecule has 1 unspecified atom stereocenters. The van der Waals surface area contributed by atoms with E-state index in [0.717, 1.165) is 43.6 Å². The van der Waals surface area contributed by atoms with Crippen LogP contribution in [0.1, 0.15) is 37.6 Å². The first-order valence-electron chi connectivity index (χ1n) is 10.6. The first-order valence-corrected chi connectivity index (χ1v) is 11.5. The number of likely N-dealkylation sites (tertiary alicyclic amines) is 1. The topological polar surface area (TPSA) is 71.3 Å². The molecule has 1 fully saturated rings. The largest absolute Gasteiger partial charge is 0.353 e. The number of carbonyl (C=O) groups excluding carboxylic acids is 1. The van der Waals surface area contributed by atoms with Crippen molar-refractivity contribution >= 4 is 17.2 Å². The van der Waals surface area contributed by atoms with Gasteiger partial charge in [-0.3, -0.25) is 9.69 Å². The third-order valence-corrected chi connectivity index (χ3v) is 6.49. The van der Waals surface area contributed by atoms with Gasteiger partial charge in [0.15, 0.2) is 0 Å². The first kappa shape index (κ1) is 20.8. The molecule has 30 heavy (non-hydrogen) atoms. The highest BCUT2D eigenvalue weighted by Crippen LogP contribution is 2.23. The highest BCUT2D eigenvalue weighted by Gasteiger charge is 2.26. The van der Waals surface area contributed by atoms with Gasteiger partial charge < -0.3 is 9.84 Å². The van der Waals surface area contributed by atoms with Crippen LogP contribution in [0.15, 0.2) is 52.4 Å². The minimum atomic E-state index is 0.0878. The number of hydrogen-bond acceptors (Lipinski definition) is 6. The SMILES string of the molecule is CC(CCc1ccccc1)NC(=O)C1CCN(Cc2nc(-c3cccs3)no2)CC1. The second-order valence-electron chi connectivity index (χ2n) is 7.97. The lowest BCUT2D eigenvalue weighted by Crippen LogP contribution is -2.43. The van der Waals surface area contributed by atoms with Crippen LogP contribution in [-0.2, 0) is 17.8 Å². The molecule has 1 saturated heterocycles. The predicted octanol–water partition coefficient (Wildman–Crippen LogP) is 4.15. The molecule has 1 aliphatic rings. The molecule has 7 heteroatoms. The van der Waals surface area contributed by atoms with E-state index in [0.29, 0.717) is 18.3 Å². The highest BCUT2D eigenvalue weighted by molar-refractivity contribution is 7.13. The summed E-state index contributed by atoms with van der Waals surface area (Å²) in [5.41, 5.74) is 1.31. The average molecular weight is 425 g/mol. The first-order chi connectivity index (χ1) is 14.7. The lowest BCUT2D eigenvalue weighted by molar-refractivity contribution is -0.127. The Kier molecular flexibility index (Phi) is 6.92. The minimum absolute atomic E-state index is 0.0878. The van der Waals surface area contributed by atoms with Crippen LogP contribution in [0.2, 0.25) is 0 Å². The molecule has 0 saturated carbocycles. The molecule has 1 N–H and O–H groups in total. The van der Waals surface area contributed by atoms with Crippen LogP contribution in [0.5, 0.6) is 0 Å². The summed E-state index contributed by atoms with van der Waals surface area (Å²) in [5, 5.41) is 9.28. The number of aryl methyl sites for hydroxylation is 1. The number of rotatable bonds is 8. The molecule has 158 valence electrons. The van der Waals surface area contributed by atoms with Crippen molar-refractivity contribution in [2.45, 2.75) is 45.2 Å². The van der Waals surface area contributed by atoms with Gasteiger partial charge in [-0.2, -0.15) is 4.98 Å². The van der Waals surface area contributed by atoms with E-state index in [1.165, 1.54) is 5.56 Å². The maximum absolute atomic E-state index is 12.7. The smallest absolute Gasteiger partial charge is 0.241 e. The molecule has 0 bridgehead atoms. The van der Waals surface area contributed by atoms with Gasteiger partial charge in [0.25, 0.3) is 0 Å². The van der Waals surface area contributed by atoms with Crippen molar-refractivity contribution in [3.63, 3.8) is 0 Å². The van der Waals surface area contributed by atoms with Gasteiger partial charge in [0.2, 0.25) is 17.6 Å². The van der Waals surface area contributed by atoms with Crippen molar-refractivity contribution in [3.8, 4) is 10.7 Å². The van der Waals surface area contributed by atoms with Crippen LogP contribution >= 0.6 is 11.3 Å². The Hall–Kier alpha value is -2.51. The average Bonchev–Trinajstić information content (AvgIpc) is 3.45. The molecule has 1 aliphatic heterocycles. The number of nitrogens with zero attached hydrogens (tertiary/aromatic N) is 3. The fourth-order valence-electron chi connectivity index (χ4n) is 3.83. The van der Waals surface area contributed by atoms with Crippen LogP contribution in [0, 0.1) is 5.92 Å². The fourth-order valence-corrected chi connectivity index (χ4v) is 4.48. The fraction of sp³-hybridized carbons (Fsp3) is 0.435. The third-order valence-electron chi connectivity index (χ3n) is 5.62. The van der Waals surface area contributed by atoms with E-state index in [4.69, 9.17) is 4.52 Å². The number of amides is 1. The quantitative estimate of drug-likeness (QED) is 0.588. The van der Waals surface area contributed by atoms with Crippen molar-refractivity contribution in [2.75, 3.05) is 13.1 Å². The minimum Gasteiger partial charge on any atom is -0.353 e. The Morgan fingerprint density at radius 2 is 2.03 bits per heavy atom. The van der Waals surface area contributed by atoms with Crippen molar-refractivity contribution in [1.29, 1.82) is 0 Å². The van der Waals surface area contributed by atoms with Crippen LogP contribution in [0.3, 0.4) is 0 Å². The molecule has 0 spiro atoms. The zero-order valence-electron chi connectivity index (χ0n) is 17.3. The highest BCUT2D eigenvalue weighted by atomic mass is 32.1. The second kappa shape index (κ2) is 10.00. The van der Waals surface area contributed by atoms with Gasteiger partial charge in [-0.05, 0) is 62.7 Å². The standard InChI is InChI=1S/C23H28N4O2S/c1-17(9-10-18-6-3-2-4-7-18)24-23(28)19-11-13-27(14-12-19)16-21-25-22(26-29-21)20-8-5-15-30-20/h2-8,15,17,19H,9-14,16H2,1H3,(H,24,28). The van der Waals surface area contributed by atoms with Gasteiger partial charge in [0.05, 0.1) is 11.4 Å². The maximum atomic E-state index is 12.7. The van der Waals surface area contributed by atoms with Crippen LogP contribution in [0.25, 0.3) is 10.7 Å². The molecule has 1 atom stereocenters. The summed E-state index contributed by atoms with van der Waals surface area (Å²) in [6, 6.07) is 14.6. The van der Waals surface area contributed by atoms with Gasteiger partial charge >= 0.3 is 0 Å². The predicted molar refractivity (Wildman–Crippen MR) is 118 cm³/mol. The summed E-state index contributed by atoms with van der Waals surface area (Å²) in [6.07, 6.45) is 3.67. The number of aromatic nitrogens is 2. The molecule has 1 aromatic carbocycles. The number of nitrogens with one attached hydrogen (secondary N) is 1. The van der Waals surface area contributed by atoms with Crippen LogP contribution < -0.4 is 5.32 Å². The molecule has 0 radical (unpaired) electrons. The van der Waals surface area contributed by atoms with Gasteiger partial charge in [-0.15, -0.1) is 11.3 Å². The van der Waals surface area contributed by atoms with Crippen LogP contribution in [0.4, 0.5) is 0 Å². The Morgan fingerprint density at radius 3 is 2.77 bits per heavy atom. The van der Waals surface area contributed by atoms with E-state index in [2.05, 4.69) is 51.5 Å². The van der Waals surface area contributed by atoms with Gasteiger partial charge in [-0.25, -0.2) is 0 Å². The Bertz CT molecular complexity index is 918. The molecular formula is C23H28N4O2S. The number of piperidine rings is 1. The van der Waals surface area contributed by atoms with E-state index >= 15 is 0 Å². The molecule has 3 heterocycles. The second-order valence-corrected chi connectivity index (χ2v) is 8.92. The summed E-state index contributed by atoms with van der Waals surface area (Å²) in [4.78, 5) is 20.4. The number of hydrogen-bond donors (Lipinski definition) is 1. The maximum Gasteiger partial charge on any atom is 0.241 e. The van der Waals surface area contributed by atoms with E-state index in [1.54, 1.807) is 11.3 Å². The molecule has 3 aromatic rings. The Labute approximate surface area is 181 Å². The van der Waals surface area contributed by atoms with Gasteiger partial charge in [-0.1, -0.05) is 41.6 Å². The Morgan fingerprint density at radius 1 is 1.23 bits per heavy atom. The molecule has 0 aliphatic carbocycles. The summed E-state index contributed by atoms with van der Waals surface area (Å²) in [6.45, 7) is 4.47. The van der Waals surface area contributed by atoms with Crippen molar-refractivity contribution in [2.24, 2.45) is 5.92 Å². The summed E-state index contributed by atoms with van der Waals surface area (Å²) < 4.78 is 5.41. The lowest BCUT2D eigenvalue weighted by Gasteiger charge is -2.30. The molecule has 4 rings (SSSR count). The lowest BCUT2D eigenvalue weighted by atomic mass is 9.95. The Balaban J connectivity index is 1.19. The molecular weight excluding hydrogens is 396 g/mol. The summed E-state index contributed by atoms with van der Waals surface area (Å²) >= 11 is 1.60. The molecule has 2 aromatic heterocycles. The molecule has 1 amide bonds. The number of carbonyl (C=O) groups is 1. The normalized spacial score (nSPS) is 16.4. The summed E-state index contributed by atoms with van der Waals surface area (Å²) in [7, 11) is 0. The van der Waals surface area contributed by atoms with Crippen molar-refractivity contribution in [1.82, 2.24) is 20.4 Å².